The Morgan fingerprint density at radius 2 is 1.67 bits per heavy atom. The minimum Gasteiger partial charge on any atom is -0.497 e. The van der Waals surface area contributed by atoms with Gasteiger partial charge in [-0.05, 0) is 88.0 Å². The Bertz CT molecular complexity index is 1460. The summed E-state index contributed by atoms with van der Waals surface area (Å²) in [6.45, 7) is 6.90. The molecule has 0 fully saturated rings. The first-order valence-electron chi connectivity index (χ1n) is 13.6. The van der Waals surface area contributed by atoms with E-state index in [1.165, 1.54) is 28.8 Å². The lowest BCUT2D eigenvalue weighted by Crippen LogP contribution is -2.52. The van der Waals surface area contributed by atoms with Crippen LogP contribution in [0, 0.1) is 0 Å². The molecule has 0 bridgehead atoms. The molecule has 9 nitrogen and oxygen atoms in total. The van der Waals surface area contributed by atoms with Crippen molar-refractivity contribution >= 4 is 39.3 Å². The van der Waals surface area contributed by atoms with Crippen molar-refractivity contribution in [2.45, 2.75) is 56.1 Å². The van der Waals surface area contributed by atoms with Gasteiger partial charge in [0.25, 0.3) is 10.0 Å². The summed E-state index contributed by atoms with van der Waals surface area (Å²) in [5.41, 5.74) is 0.950. The van der Waals surface area contributed by atoms with Crippen LogP contribution in [0.15, 0.2) is 82.6 Å². The van der Waals surface area contributed by atoms with E-state index < -0.39 is 28.5 Å². The number of carbonyl (C=O) groups is 2. The molecule has 0 radical (unpaired) electrons. The van der Waals surface area contributed by atoms with E-state index in [1.54, 1.807) is 75.6 Å². The summed E-state index contributed by atoms with van der Waals surface area (Å²) >= 11 is 1.49. The number of methoxy groups -OCH3 is 1. The smallest absolute Gasteiger partial charge is 0.264 e. The second-order valence-corrected chi connectivity index (χ2v) is 12.5. The first kappa shape index (κ1) is 32.8. The van der Waals surface area contributed by atoms with Gasteiger partial charge in [-0.1, -0.05) is 24.3 Å². The molecule has 0 aliphatic heterocycles. The van der Waals surface area contributed by atoms with Crippen LogP contribution < -0.4 is 19.1 Å². The number of thioether (sulfide) groups is 1. The standard InChI is InChI=1S/C31H39N3O6S2/c1-7-40-29-14-9-8-13-28(29)34(42(37,38)27-17-15-26(41-6)16-18-27)21-30(35)33(23(4)31(36)32-22(2)3)20-24-11-10-12-25(19-24)39-5/h8-19,22-23H,7,20-21H2,1-6H3,(H,32,36). The van der Waals surface area contributed by atoms with Crippen molar-refractivity contribution in [1.29, 1.82) is 0 Å². The van der Waals surface area contributed by atoms with Crippen LogP contribution in [0.4, 0.5) is 5.69 Å². The zero-order chi connectivity index (χ0) is 30.9. The second kappa shape index (κ2) is 15.0. The van der Waals surface area contributed by atoms with Crippen LogP contribution in [0.1, 0.15) is 33.3 Å². The van der Waals surface area contributed by atoms with Crippen molar-refractivity contribution in [3.8, 4) is 11.5 Å². The van der Waals surface area contributed by atoms with Crippen LogP contribution in [0.25, 0.3) is 0 Å². The maximum atomic E-state index is 14.1. The Balaban J connectivity index is 2.09. The number of amides is 2. The highest BCUT2D eigenvalue weighted by atomic mass is 32.2. The second-order valence-electron chi connectivity index (χ2n) is 9.80. The molecule has 0 aromatic heterocycles. The first-order chi connectivity index (χ1) is 20.0. The fourth-order valence-electron chi connectivity index (χ4n) is 4.28. The van der Waals surface area contributed by atoms with E-state index in [1.807, 2.05) is 26.2 Å². The summed E-state index contributed by atoms with van der Waals surface area (Å²) in [5.74, 6) is 0.0163. The molecule has 11 heteroatoms. The Morgan fingerprint density at radius 3 is 2.29 bits per heavy atom. The highest BCUT2D eigenvalue weighted by Gasteiger charge is 2.34. The third-order valence-corrected chi connectivity index (χ3v) is 8.96. The molecule has 42 heavy (non-hydrogen) atoms. The lowest BCUT2D eigenvalue weighted by atomic mass is 10.1. The summed E-state index contributed by atoms with van der Waals surface area (Å²) in [7, 11) is -2.67. The Kier molecular flexibility index (Phi) is 11.7. The summed E-state index contributed by atoms with van der Waals surface area (Å²) in [4.78, 5) is 29.6. The van der Waals surface area contributed by atoms with Gasteiger partial charge in [-0.15, -0.1) is 11.8 Å². The van der Waals surface area contributed by atoms with E-state index in [0.717, 1.165) is 14.8 Å². The summed E-state index contributed by atoms with van der Waals surface area (Å²) in [6.07, 6.45) is 1.90. The number of ether oxygens (including phenoxy) is 2. The molecule has 3 aromatic carbocycles. The zero-order valence-electron chi connectivity index (χ0n) is 24.9. The molecular formula is C31H39N3O6S2. The number of para-hydroxylation sites is 2. The molecular weight excluding hydrogens is 574 g/mol. The van der Waals surface area contributed by atoms with Gasteiger partial charge in [-0.2, -0.15) is 0 Å². The molecule has 0 spiro atoms. The van der Waals surface area contributed by atoms with Gasteiger partial charge in [0.15, 0.2) is 0 Å². The van der Waals surface area contributed by atoms with Crippen molar-refractivity contribution in [2.75, 3.05) is 30.8 Å². The molecule has 1 unspecified atom stereocenters. The van der Waals surface area contributed by atoms with Crippen LogP contribution in [0.3, 0.4) is 0 Å². The third kappa shape index (κ3) is 8.19. The highest BCUT2D eigenvalue weighted by molar-refractivity contribution is 7.98. The number of nitrogens with zero attached hydrogens (tertiary/aromatic N) is 2. The minimum absolute atomic E-state index is 0.0318. The number of nitrogens with one attached hydrogen (secondary N) is 1. The lowest BCUT2D eigenvalue weighted by molar-refractivity contribution is -0.139. The molecule has 0 heterocycles. The van der Waals surface area contributed by atoms with E-state index in [-0.39, 0.29) is 29.1 Å². The van der Waals surface area contributed by atoms with Crippen LogP contribution in [-0.4, -0.2) is 63.7 Å². The normalized spacial score (nSPS) is 12.0. The van der Waals surface area contributed by atoms with Gasteiger partial charge in [0.05, 0.1) is 24.3 Å². The Hall–Kier alpha value is -3.70. The first-order valence-corrected chi connectivity index (χ1v) is 16.3. The van der Waals surface area contributed by atoms with E-state index in [9.17, 15) is 18.0 Å². The quantitative estimate of drug-likeness (QED) is 0.257. The van der Waals surface area contributed by atoms with E-state index >= 15 is 0 Å². The molecule has 0 saturated carbocycles. The van der Waals surface area contributed by atoms with Crippen molar-refractivity contribution < 1.29 is 27.5 Å². The van der Waals surface area contributed by atoms with Crippen LogP contribution in [0.2, 0.25) is 0 Å². The van der Waals surface area contributed by atoms with E-state index in [4.69, 9.17) is 9.47 Å². The number of hydrogen-bond donors (Lipinski definition) is 1. The summed E-state index contributed by atoms with van der Waals surface area (Å²) < 4.78 is 40.4. The van der Waals surface area contributed by atoms with Crippen molar-refractivity contribution in [1.82, 2.24) is 10.2 Å². The number of rotatable bonds is 14. The molecule has 0 saturated heterocycles. The number of hydrogen-bond acceptors (Lipinski definition) is 7. The lowest BCUT2D eigenvalue weighted by Gasteiger charge is -2.32. The van der Waals surface area contributed by atoms with Gasteiger partial charge in [-0.25, -0.2) is 8.42 Å². The average molecular weight is 614 g/mol. The average Bonchev–Trinajstić information content (AvgIpc) is 2.98. The molecule has 226 valence electrons. The maximum absolute atomic E-state index is 14.1. The number of benzene rings is 3. The van der Waals surface area contributed by atoms with Crippen LogP contribution >= 0.6 is 11.8 Å². The molecule has 1 atom stereocenters. The van der Waals surface area contributed by atoms with Crippen molar-refractivity contribution in [3.63, 3.8) is 0 Å². The summed E-state index contributed by atoms with van der Waals surface area (Å²) in [5, 5.41) is 2.85. The third-order valence-electron chi connectivity index (χ3n) is 6.45. The van der Waals surface area contributed by atoms with E-state index in [0.29, 0.717) is 18.1 Å². The van der Waals surface area contributed by atoms with Crippen molar-refractivity contribution in [3.05, 3.63) is 78.4 Å². The fraction of sp³-hybridized carbons (Fsp3) is 0.355. The Labute approximate surface area is 253 Å². The maximum Gasteiger partial charge on any atom is 0.264 e. The molecule has 1 N–H and O–H groups in total. The highest BCUT2D eigenvalue weighted by Crippen LogP contribution is 2.33. The van der Waals surface area contributed by atoms with Gasteiger partial charge in [0.2, 0.25) is 11.8 Å². The zero-order valence-corrected chi connectivity index (χ0v) is 26.5. The number of carbonyl (C=O) groups excluding carboxylic acids is 2. The minimum atomic E-state index is -4.22. The van der Waals surface area contributed by atoms with Gasteiger partial charge in [-0.3, -0.25) is 13.9 Å². The largest absolute Gasteiger partial charge is 0.497 e. The topological polar surface area (TPSA) is 105 Å². The molecule has 3 rings (SSSR count). The SMILES string of the molecule is CCOc1ccccc1N(CC(=O)N(Cc1cccc(OC)c1)C(C)C(=O)NC(C)C)S(=O)(=O)c1ccc(SC)cc1. The van der Waals surface area contributed by atoms with Gasteiger partial charge in [0.1, 0.15) is 24.1 Å². The molecule has 0 aliphatic carbocycles. The molecule has 0 aliphatic rings. The predicted octanol–water partition coefficient (Wildman–Crippen LogP) is 4.95. The summed E-state index contributed by atoms with van der Waals surface area (Å²) in [6, 6.07) is 19.3. The van der Waals surface area contributed by atoms with Gasteiger partial charge in [0, 0.05) is 17.5 Å². The van der Waals surface area contributed by atoms with Crippen molar-refractivity contribution in [2.24, 2.45) is 0 Å². The van der Waals surface area contributed by atoms with Gasteiger partial charge >= 0.3 is 0 Å². The molecule has 3 aromatic rings. The predicted molar refractivity (Wildman–Crippen MR) is 167 cm³/mol. The fourth-order valence-corrected chi connectivity index (χ4v) is 6.12. The molecule has 2 amide bonds. The van der Waals surface area contributed by atoms with Gasteiger partial charge < -0.3 is 19.7 Å². The number of anilines is 1. The van der Waals surface area contributed by atoms with Crippen LogP contribution in [0.5, 0.6) is 11.5 Å². The van der Waals surface area contributed by atoms with Crippen LogP contribution in [-0.2, 0) is 26.2 Å². The Morgan fingerprint density at radius 1 is 0.976 bits per heavy atom. The monoisotopic (exact) mass is 613 g/mol. The van der Waals surface area contributed by atoms with E-state index in [2.05, 4.69) is 5.32 Å². The number of sulfonamides is 1.